The van der Waals surface area contributed by atoms with E-state index >= 15 is 0 Å². The van der Waals surface area contributed by atoms with Gasteiger partial charge in [-0.05, 0) is 18.1 Å². The van der Waals surface area contributed by atoms with E-state index < -0.39 is 18.2 Å². The summed E-state index contributed by atoms with van der Waals surface area (Å²) >= 11 is 12.2. The van der Waals surface area contributed by atoms with E-state index in [1.807, 2.05) is 0 Å². The Morgan fingerprint density at radius 2 is 1.71 bits per heavy atom. The Morgan fingerprint density at radius 1 is 1.14 bits per heavy atom. The van der Waals surface area contributed by atoms with Gasteiger partial charge in [-0.2, -0.15) is 13.2 Å². The number of hydrogen-bond acceptors (Lipinski definition) is 3. The van der Waals surface area contributed by atoms with E-state index in [0.717, 1.165) is 0 Å². The lowest BCUT2D eigenvalue weighted by atomic mass is 10.1. The molecule has 0 radical (unpaired) electrons. The lowest BCUT2D eigenvalue weighted by Gasteiger charge is -2.16. The van der Waals surface area contributed by atoms with Crippen molar-refractivity contribution in [2.75, 3.05) is 27.4 Å². The van der Waals surface area contributed by atoms with Crippen molar-refractivity contribution in [1.82, 2.24) is 0 Å². The van der Waals surface area contributed by atoms with Crippen LogP contribution in [0.15, 0.2) is 12.1 Å². The minimum absolute atomic E-state index is 0.127. The monoisotopic (exact) mass is 346 g/mol. The van der Waals surface area contributed by atoms with Crippen molar-refractivity contribution in [3.05, 3.63) is 22.7 Å². The zero-order valence-electron chi connectivity index (χ0n) is 11.5. The molecule has 1 rings (SSSR count). The van der Waals surface area contributed by atoms with Crippen LogP contribution in [0, 0.1) is 0 Å². The van der Waals surface area contributed by atoms with Gasteiger partial charge < -0.3 is 14.2 Å². The Kier molecular flexibility index (Phi) is 6.90. The van der Waals surface area contributed by atoms with Gasteiger partial charge in [0.15, 0.2) is 11.5 Å². The molecule has 0 fully saturated rings. The minimum Gasteiger partial charge on any atom is -0.493 e. The molecule has 0 N–H and O–H groups in total. The van der Waals surface area contributed by atoms with Crippen LogP contribution in [0.2, 0.25) is 5.02 Å². The molecule has 21 heavy (non-hydrogen) atoms. The number of rotatable bonds is 7. The first kappa shape index (κ1) is 18.2. The SMILES string of the molecule is COc1cc(Cl)c(C(Cl)CCOCC(F)(F)F)cc1OC. The smallest absolute Gasteiger partial charge is 0.411 e. The van der Waals surface area contributed by atoms with E-state index in [0.29, 0.717) is 22.1 Å². The van der Waals surface area contributed by atoms with Crippen LogP contribution < -0.4 is 9.47 Å². The second-order valence-electron chi connectivity index (χ2n) is 4.15. The molecule has 0 amide bonds. The molecule has 8 heteroatoms. The van der Waals surface area contributed by atoms with E-state index in [1.54, 1.807) is 12.1 Å². The molecule has 1 aromatic rings. The van der Waals surface area contributed by atoms with Gasteiger partial charge in [0, 0.05) is 17.7 Å². The van der Waals surface area contributed by atoms with E-state index in [9.17, 15) is 13.2 Å². The summed E-state index contributed by atoms with van der Waals surface area (Å²) in [5, 5.41) is -0.242. The quantitative estimate of drug-likeness (QED) is 0.533. The molecule has 0 aliphatic rings. The van der Waals surface area contributed by atoms with Crippen LogP contribution in [0.4, 0.5) is 13.2 Å². The van der Waals surface area contributed by atoms with Crippen LogP contribution in [0.25, 0.3) is 0 Å². The lowest BCUT2D eigenvalue weighted by Crippen LogP contribution is -2.17. The molecule has 0 saturated heterocycles. The van der Waals surface area contributed by atoms with Crippen molar-refractivity contribution in [2.24, 2.45) is 0 Å². The first-order valence-corrected chi connectivity index (χ1v) is 6.80. The highest BCUT2D eigenvalue weighted by molar-refractivity contribution is 6.33. The third-order valence-corrected chi connectivity index (χ3v) is 3.40. The number of ether oxygens (including phenoxy) is 3. The van der Waals surface area contributed by atoms with Crippen LogP contribution in [0.5, 0.6) is 11.5 Å². The largest absolute Gasteiger partial charge is 0.493 e. The standard InChI is InChI=1S/C13H15Cl2F3O3/c1-19-11-5-8(10(15)6-12(11)20-2)9(14)3-4-21-7-13(16,17)18/h5-6,9H,3-4,7H2,1-2H3. The van der Waals surface area contributed by atoms with Gasteiger partial charge in [0.2, 0.25) is 0 Å². The average Bonchev–Trinajstić information content (AvgIpc) is 2.41. The first-order chi connectivity index (χ1) is 9.78. The maximum atomic E-state index is 11.9. The van der Waals surface area contributed by atoms with Crippen molar-refractivity contribution in [2.45, 2.75) is 18.0 Å². The number of alkyl halides is 4. The van der Waals surface area contributed by atoms with Gasteiger partial charge in [-0.15, -0.1) is 11.6 Å². The molecule has 0 aliphatic carbocycles. The fourth-order valence-corrected chi connectivity index (χ4v) is 2.25. The summed E-state index contributed by atoms with van der Waals surface area (Å²) in [6, 6.07) is 3.14. The highest BCUT2D eigenvalue weighted by atomic mass is 35.5. The van der Waals surface area contributed by atoms with E-state index in [-0.39, 0.29) is 13.0 Å². The molecular weight excluding hydrogens is 332 g/mol. The Labute approximate surface area is 130 Å². The van der Waals surface area contributed by atoms with Crippen molar-refractivity contribution >= 4 is 23.2 Å². The normalized spacial score (nSPS) is 13.1. The summed E-state index contributed by atoms with van der Waals surface area (Å²) in [4.78, 5) is 0. The Hall–Kier alpha value is -0.850. The van der Waals surface area contributed by atoms with Gasteiger partial charge in [0.1, 0.15) is 6.61 Å². The molecular formula is C13H15Cl2F3O3. The number of hydrogen-bond donors (Lipinski definition) is 0. The predicted octanol–water partition coefficient (Wildman–Crippen LogP) is 4.61. The van der Waals surface area contributed by atoms with Crippen molar-refractivity contribution in [1.29, 1.82) is 0 Å². The maximum Gasteiger partial charge on any atom is 0.411 e. The molecule has 120 valence electrons. The summed E-state index contributed by atoms with van der Waals surface area (Å²) in [6.07, 6.45) is -4.16. The zero-order chi connectivity index (χ0) is 16.0. The zero-order valence-corrected chi connectivity index (χ0v) is 13.0. The predicted molar refractivity (Wildman–Crippen MR) is 74.6 cm³/mol. The third kappa shape index (κ3) is 5.80. The second kappa shape index (κ2) is 7.96. The molecule has 0 aromatic heterocycles. The molecule has 0 bridgehead atoms. The molecule has 1 atom stereocenters. The van der Waals surface area contributed by atoms with Crippen LogP contribution in [-0.2, 0) is 4.74 Å². The lowest BCUT2D eigenvalue weighted by molar-refractivity contribution is -0.174. The summed E-state index contributed by atoms with van der Waals surface area (Å²) in [5.41, 5.74) is 0.548. The second-order valence-corrected chi connectivity index (χ2v) is 5.09. The highest BCUT2D eigenvalue weighted by Gasteiger charge is 2.27. The topological polar surface area (TPSA) is 27.7 Å². The highest BCUT2D eigenvalue weighted by Crippen LogP contribution is 2.38. The van der Waals surface area contributed by atoms with Crippen LogP contribution in [0.3, 0.4) is 0 Å². The molecule has 1 aromatic carbocycles. The van der Waals surface area contributed by atoms with Gasteiger partial charge in [0.25, 0.3) is 0 Å². The van der Waals surface area contributed by atoms with E-state index in [2.05, 4.69) is 4.74 Å². The first-order valence-electron chi connectivity index (χ1n) is 5.98. The van der Waals surface area contributed by atoms with E-state index in [1.165, 1.54) is 14.2 Å². The third-order valence-electron chi connectivity index (χ3n) is 2.62. The van der Waals surface area contributed by atoms with E-state index in [4.69, 9.17) is 32.7 Å². The Balaban J connectivity index is 2.67. The van der Waals surface area contributed by atoms with Gasteiger partial charge >= 0.3 is 6.18 Å². The number of halogens is 5. The molecule has 0 spiro atoms. The van der Waals surface area contributed by atoms with Crippen LogP contribution >= 0.6 is 23.2 Å². The van der Waals surface area contributed by atoms with Gasteiger partial charge in [-0.1, -0.05) is 11.6 Å². The molecule has 3 nitrogen and oxygen atoms in total. The van der Waals surface area contributed by atoms with Crippen LogP contribution in [0.1, 0.15) is 17.4 Å². The molecule has 0 saturated carbocycles. The summed E-state index contributed by atoms with van der Waals surface area (Å²) in [6.45, 7) is -1.42. The fraction of sp³-hybridized carbons (Fsp3) is 0.538. The average molecular weight is 347 g/mol. The number of methoxy groups -OCH3 is 2. The summed E-state index contributed by atoms with van der Waals surface area (Å²) < 4.78 is 50.6. The maximum absolute atomic E-state index is 11.9. The Bertz CT molecular complexity index is 467. The molecule has 0 heterocycles. The minimum atomic E-state index is -4.34. The van der Waals surface area contributed by atoms with Crippen molar-refractivity contribution in [3.63, 3.8) is 0 Å². The van der Waals surface area contributed by atoms with Gasteiger partial charge in [0.05, 0.1) is 19.6 Å². The van der Waals surface area contributed by atoms with Gasteiger partial charge in [-0.25, -0.2) is 0 Å². The molecule has 0 aliphatic heterocycles. The Morgan fingerprint density at radius 3 is 2.24 bits per heavy atom. The van der Waals surface area contributed by atoms with Crippen molar-refractivity contribution in [3.8, 4) is 11.5 Å². The van der Waals surface area contributed by atoms with Crippen molar-refractivity contribution < 1.29 is 27.4 Å². The summed E-state index contributed by atoms with van der Waals surface area (Å²) in [7, 11) is 2.93. The molecule has 1 unspecified atom stereocenters. The number of benzene rings is 1. The van der Waals surface area contributed by atoms with Gasteiger partial charge in [-0.3, -0.25) is 0 Å². The fourth-order valence-electron chi connectivity index (χ4n) is 1.64. The summed E-state index contributed by atoms with van der Waals surface area (Å²) in [5.74, 6) is 0.891. The van der Waals surface area contributed by atoms with Crippen LogP contribution in [-0.4, -0.2) is 33.6 Å².